The van der Waals surface area contributed by atoms with E-state index in [1.165, 1.54) is 0 Å². The number of hydrogen-bond acceptors (Lipinski definition) is 4. The molecule has 0 saturated heterocycles. The fraction of sp³-hybridized carbons (Fsp3) is 0.400. The van der Waals surface area contributed by atoms with Gasteiger partial charge < -0.3 is 5.73 Å². The molecule has 0 aliphatic carbocycles. The molecule has 0 aromatic heterocycles. The summed E-state index contributed by atoms with van der Waals surface area (Å²) in [6.45, 7) is 2.11. The largest absolute Gasteiger partial charge is 0.398 e. The van der Waals surface area contributed by atoms with E-state index in [1.807, 2.05) is 6.26 Å². The minimum Gasteiger partial charge on any atom is -0.398 e. The Labute approximate surface area is 115 Å². The van der Waals surface area contributed by atoms with Crippen LogP contribution in [0.15, 0.2) is 21.5 Å². The second kappa shape index (κ2) is 6.08. The predicted octanol–water partition coefficient (Wildman–Crippen LogP) is 1.98. The summed E-state index contributed by atoms with van der Waals surface area (Å²) in [7, 11) is -3.48. The van der Waals surface area contributed by atoms with Crippen LogP contribution in [0.25, 0.3) is 0 Å². The summed E-state index contributed by atoms with van der Waals surface area (Å²) < 4.78 is 27.3. The van der Waals surface area contributed by atoms with Crippen molar-refractivity contribution >= 4 is 43.4 Å². The summed E-state index contributed by atoms with van der Waals surface area (Å²) in [5.74, 6) is 0.738. The lowest BCUT2D eigenvalue weighted by atomic mass is 10.2. The van der Waals surface area contributed by atoms with Crippen molar-refractivity contribution in [3.8, 4) is 0 Å². The summed E-state index contributed by atoms with van der Waals surface area (Å²) >= 11 is 4.83. The highest BCUT2D eigenvalue weighted by Crippen LogP contribution is 2.26. The third kappa shape index (κ3) is 3.87. The lowest BCUT2D eigenvalue weighted by Gasteiger charge is -2.11. The molecule has 4 nitrogen and oxygen atoms in total. The van der Waals surface area contributed by atoms with Crippen molar-refractivity contribution in [1.82, 2.24) is 4.72 Å². The Morgan fingerprint density at radius 2 is 2.12 bits per heavy atom. The van der Waals surface area contributed by atoms with Gasteiger partial charge >= 0.3 is 0 Å². The van der Waals surface area contributed by atoms with Crippen LogP contribution in [0, 0.1) is 6.92 Å². The molecule has 0 amide bonds. The number of nitrogens with one attached hydrogen (secondary N) is 1. The molecule has 0 aliphatic heterocycles. The summed E-state index contributed by atoms with van der Waals surface area (Å²) in [6.07, 6.45) is 1.93. The van der Waals surface area contributed by atoms with Gasteiger partial charge in [-0.3, -0.25) is 0 Å². The molecule has 0 unspecified atom stereocenters. The van der Waals surface area contributed by atoms with Crippen LogP contribution in [-0.4, -0.2) is 27.0 Å². The maximum Gasteiger partial charge on any atom is 0.240 e. The Hall–Kier alpha value is -0.240. The maximum absolute atomic E-state index is 12.0. The average Bonchev–Trinajstić information content (AvgIpc) is 2.23. The lowest BCUT2D eigenvalue weighted by Crippen LogP contribution is -2.26. The summed E-state index contributed by atoms with van der Waals surface area (Å²) in [5, 5.41) is 0. The van der Waals surface area contributed by atoms with Gasteiger partial charge in [0.2, 0.25) is 10.0 Å². The molecule has 0 heterocycles. The van der Waals surface area contributed by atoms with Gasteiger partial charge in [-0.2, -0.15) is 11.8 Å². The van der Waals surface area contributed by atoms with Gasteiger partial charge in [0.05, 0.1) is 4.90 Å². The molecule has 0 saturated carbocycles. The molecule has 0 spiro atoms. The van der Waals surface area contributed by atoms with Gasteiger partial charge in [-0.15, -0.1) is 0 Å². The zero-order valence-electron chi connectivity index (χ0n) is 9.66. The van der Waals surface area contributed by atoms with Crippen molar-refractivity contribution < 1.29 is 8.42 Å². The van der Waals surface area contributed by atoms with Crippen molar-refractivity contribution in [2.24, 2.45) is 0 Å². The van der Waals surface area contributed by atoms with Crippen molar-refractivity contribution in [3.05, 3.63) is 22.2 Å². The predicted molar refractivity (Wildman–Crippen MR) is 76.9 cm³/mol. The van der Waals surface area contributed by atoms with E-state index in [0.29, 0.717) is 22.3 Å². The van der Waals surface area contributed by atoms with Crippen LogP contribution in [0.1, 0.15) is 5.56 Å². The minimum atomic E-state index is -3.48. The van der Waals surface area contributed by atoms with Gasteiger partial charge in [-0.05, 0) is 30.9 Å². The van der Waals surface area contributed by atoms with E-state index < -0.39 is 10.0 Å². The molecular weight excluding hydrogens is 324 g/mol. The molecule has 0 atom stereocenters. The first kappa shape index (κ1) is 14.8. The molecule has 0 radical (unpaired) electrons. The Balaban J connectivity index is 3.06. The Morgan fingerprint density at radius 3 is 2.71 bits per heavy atom. The molecule has 0 fully saturated rings. The van der Waals surface area contributed by atoms with Crippen molar-refractivity contribution in [2.45, 2.75) is 11.8 Å². The van der Waals surface area contributed by atoms with E-state index >= 15 is 0 Å². The van der Waals surface area contributed by atoms with E-state index in [-0.39, 0.29) is 4.90 Å². The summed E-state index contributed by atoms with van der Waals surface area (Å²) in [4.78, 5) is 0.227. The van der Waals surface area contributed by atoms with Gasteiger partial charge in [0.25, 0.3) is 0 Å². The second-order valence-electron chi connectivity index (χ2n) is 3.51. The molecule has 1 aromatic carbocycles. The molecular formula is C10H15BrN2O2S2. The summed E-state index contributed by atoms with van der Waals surface area (Å²) in [6, 6.07) is 3.25. The molecule has 0 aliphatic rings. The third-order valence-electron chi connectivity index (χ3n) is 2.25. The fourth-order valence-corrected chi connectivity index (χ4v) is 3.70. The minimum absolute atomic E-state index is 0.227. The number of halogens is 1. The monoisotopic (exact) mass is 338 g/mol. The topological polar surface area (TPSA) is 72.2 Å². The van der Waals surface area contributed by atoms with E-state index in [0.717, 1.165) is 5.75 Å². The Kier molecular flexibility index (Phi) is 5.30. The quantitative estimate of drug-likeness (QED) is 0.636. The van der Waals surface area contributed by atoms with Crippen LogP contribution in [-0.2, 0) is 10.0 Å². The number of hydrogen-bond donors (Lipinski definition) is 2. The van der Waals surface area contributed by atoms with Crippen LogP contribution in [0.3, 0.4) is 0 Å². The van der Waals surface area contributed by atoms with Crippen LogP contribution in [0.4, 0.5) is 5.69 Å². The number of benzene rings is 1. The van der Waals surface area contributed by atoms with Crippen LogP contribution in [0.2, 0.25) is 0 Å². The van der Waals surface area contributed by atoms with Crippen LogP contribution < -0.4 is 10.5 Å². The number of anilines is 1. The lowest BCUT2D eigenvalue weighted by molar-refractivity contribution is 0.583. The zero-order chi connectivity index (χ0) is 13.1. The normalized spacial score (nSPS) is 11.7. The molecule has 96 valence electrons. The first-order valence-electron chi connectivity index (χ1n) is 4.92. The second-order valence-corrected chi connectivity index (χ2v) is 7.15. The fourth-order valence-electron chi connectivity index (χ4n) is 1.31. The molecule has 1 aromatic rings. The highest BCUT2D eigenvalue weighted by molar-refractivity contribution is 9.10. The van der Waals surface area contributed by atoms with E-state index in [4.69, 9.17) is 5.73 Å². The van der Waals surface area contributed by atoms with Crippen LogP contribution in [0.5, 0.6) is 0 Å². The number of nitrogens with two attached hydrogens (primary N) is 1. The smallest absolute Gasteiger partial charge is 0.240 e. The third-order valence-corrected chi connectivity index (χ3v) is 4.91. The van der Waals surface area contributed by atoms with Crippen molar-refractivity contribution in [3.63, 3.8) is 0 Å². The van der Waals surface area contributed by atoms with E-state index in [2.05, 4.69) is 20.7 Å². The number of thioether (sulfide) groups is 1. The number of rotatable bonds is 5. The average molecular weight is 339 g/mol. The van der Waals surface area contributed by atoms with Gasteiger partial charge in [-0.25, -0.2) is 13.1 Å². The highest BCUT2D eigenvalue weighted by Gasteiger charge is 2.18. The standard InChI is InChI=1S/C10H15BrN2O2S2/c1-7-9(12)5-8(11)6-10(7)17(14,15)13-3-4-16-2/h5-6,13H,3-4,12H2,1-2H3. The molecule has 3 N–H and O–H groups in total. The first-order chi connectivity index (χ1) is 7.88. The molecule has 7 heteroatoms. The number of nitrogen functional groups attached to an aromatic ring is 1. The molecule has 0 bridgehead atoms. The summed E-state index contributed by atoms with van der Waals surface area (Å²) in [5.41, 5.74) is 6.78. The van der Waals surface area contributed by atoms with Crippen molar-refractivity contribution in [1.29, 1.82) is 0 Å². The van der Waals surface area contributed by atoms with Gasteiger partial charge in [0.15, 0.2) is 0 Å². The Bertz CT molecular complexity index is 503. The maximum atomic E-state index is 12.0. The Morgan fingerprint density at radius 1 is 1.47 bits per heavy atom. The van der Waals surface area contributed by atoms with Gasteiger partial charge in [0.1, 0.15) is 0 Å². The van der Waals surface area contributed by atoms with Crippen LogP contribution >= 0.6 is 27.7 Å². The SMILES string of the molecule is CSCCNS(=O)(=O)c1cc(Br)cc(N)c1C. The van der Waals surface area contributed by atoms with E-state index in [9.17, 15) is 8.42 Å². The number of sulfonamides is 1. The van der Waals surface area contributed by atoms with E-state index in [1.54, 1.807) is 30.8 Å². The molecule has 1 rings (SSSR count). The van der Waals surface area contributed by atoms with Crippen molar-refractivity contribution in [2.75, 3.05) is 24.3 Å². The molecule has 17 heavy (non-hydrogen) atoms. The van der Waals surface area contributed by atoms with Gasteiger partial charge in [-0.1, -0.05) is 15.9 Å². The van der Waals surface area contributed by atoms with Gasteiger partial charge in [0, 0.05) is 22.5 Å². The zero-order valence-corrected chi connectivity index (χ0v) is 12.9. The first-order valence-corrected chi connectivity index (χ1v) is 8.59. The highest BCUT2D eigenvalue weighted by atomic mass is 79.9.